The molecule has 1 unspecified atom stereocenters. The number of benzene rings is 2. The van der Waals surface area contributed by atoms with Gasteiger partial charge >= 0.3 is 6.18 Å². The Hall–Kier alpha value is -3.07. The fraction of sp³-hybridized carbons (Fsp3) is 0.318. The molecule has 4 N–H and O–H groups in total. The molecule has 0 bridgehead atoms. The number of phenolic OH excluding ortho intramolecular Hbond substituents is 1. The summed E-state index contributed by atoms with van der Waals surface area (Å²) in [5, 5.41) is 24.4. The van der Waals surface area contributed by atoms with E-state index in [9.17, 15) is 32.6 Å². The summed E-state index contributed by atoms with van der Waals surface area (Å²) in [6.07, 6.45) is -5.51. The van der Waals surface area contributed by atoms with Gasteiger partial charge in [-0.3, -0.25) is 4.79 Å². The molecule has 0 fully saturated rings. The van der Waals surface area contributed by atoms with Crippen LogP contribution in [0.15, 0.2) is 47.3 Å². The van der Waals surface area contributed by atoms with Crippen molar-refractivity contribution in [2.24, 2.45) is 0 Å². The predicted molar refractivity (Wildman–Crippen MR) is 108 cm³/mol. The van der Waals surface area contributed by atoms with E-state index in [0.29, 0.717) is 10.9 Å². The van der Waals surface area contributed by atoms with Gasteiger partial charge in [0.15, 0.2) is 5.60 Å². The molecule has 3 atom stereocenters. The summed E-state index contributed by atoms with van der Waals surface area (Å²) in [5.74, 6) is -2.17. The van der Waals surface area contributed by atoms with Crippen molar-refractivity contribution < 1.29 is 27.8 Å². The topological polar surface area (TPSA) is 85.4 Å². The average Bonchev–Trinajstić information content (AvgIpc) is 2.68. The standard InChI is InChI=1S/C22H20F4N2O3/c1-2-11-10-21(31,22(24,25)26)20(14-8-12(23)9-17(29)19(11)14)28-16-5-3-4-15-13(16)6-7-18(30)27-15/h3-9,11,20,28-29,31H,2,10H2,1H3,(H,27,30)/t11-,20?,21-/m1/s1. The summed E-state index contributed by atoms with van der Waals surface area (Å²) < 4.78 is 56.6. The second kappa shape index (κ2) is 7.26. The monoisotopic (exact) mass is 436 g/mol. The van der Waals surface area contributed by atoms with Crippen LogP contribution in [0.3, 0.4) is 0 Å². The van der Waals surface area contributed by atoms with Crippen molar-refractivity contribution >= 4 is 16.6 Å². The molecule has 0 saturated heterocycles. The molecule has 2 aromatic carbocycles. The molecule has 1 aliphatic carbocycles. The average molecular weight is 436 g/mol. The Morgan fingerprint density at radius 2 is 1.97 bits per heavy atom. The molecular formula is C22H20F4N2O3. The number of rotatable bonds is 3. The van der Waals surface area contributed by atoms with E-state index in [1.54, 1.807) is 13.0 Å². The Morgan fingerprint density at radius 3 is 2.65 bits per heavy atom. The van der Waals surface area contributed by atoms with Crippen LogP contribution in [-0.2, 0) is 0 Å². The van der Waals surface area contributed by atoms with Gasteiger partial charge in [0.05, 0.1) is 11.6 Å². The third kappa shape index (κ3) is 3.42. The van der Waals surface area contributed by atoms with Crippen LogP contribution < -0.4 is 10.9 Å². The quantitative estimate of drug-likeness (QED) is 0.448. The number of alkyl halides is 3. The number of aliphatic hydroxyl groups is 1. The lowest BCUT2D eigenvalue weighted by atomic mass is 9.69. The van der Waals surface area contributed by atoms with Gasteiger partial charge < -0.3 is 20.5 Å². The van der Waals surface area contributed by atoms with E-state index in [-0.39, 0.29) is 28.8 Å². The highest BCUT2D eigenvalue weighted by Crippen LogP contribution is 2.55. The molecule has 9 heteroatoms. The summed E-state index contributed by atoms with van der Waals surface area (Å²) in [7, 11) is 0. The third-order valence-electron chi connectivity index (χ3n) is 5.96. The Labute approximate surface area is 174 Å². The first-order chi connectivity index (χ1) is 14.5. The normalized spacial score (nSPS) is 23.5. The van der Waals surface area contributed by atoms with Crippen molar-refractivity contribution in [2.75, 3.05) is 5.32 Å². The molecule has 31 heavy (non-hydrogen) atoms. The van der Waals surface area contributed by atoms with Crippen LogP contribution in [-0.4, -0.2) is 27.0 Å². The summed E-state index contributed by atoms with van der Waals surface area (Å²) in [4.78, 5) is 14.2. The van der Waals surface area contributed by atoms with Gasteiger partial charge in [-0.2, -0.15) is 13.2 Å². The summed E-state index contributed by atoms with van der Waals surface area (Å²) in [6, 6.07) is 7.30. The first-order valence-corrected chi connectivity index (χ1v) is 9.75. The molecule has 3 aromatic rings. The number of pyridine rings is 1. The maximum absolute atomic E-state index is 14.2. The van der Waals surface area contributed by atoms with E-state index < -0.39 is 41.7 Å². The van der Waals surface area contributed by atoms with E-state index >= 15 is 0 Å². The highest BCUT2D eigenvalue weighted by Gasteiger charge is 2.62. The minimum absolute atomic E-state index is 0.156. The summed E-state index contributed by atoms with van der Waals surface area (Å²) in [6.45, 7) is 1.64. The van der Waals surface area contributed by atoms with Crippen LogP contribution in [0.1, 0.15) is 42.9 Å². The lowest BCUT2D eigenvalue weighted by Crippen LogP contribution is -2.55. The Morgan fingerprint density at radius 1 is 1.23 bits per heavy atom. The molecule has 0 saturated carbocycles. The predicted octanol–water partition coefficient (Wildman–Crippen LogP) is 4.72. The minimum atomic E-state index is -5.03. The van der Waals surface area contributed by atoms with Crippen molar-refractivity contribution in [2.45, 2.75) is 43.5 Å². The molecule has 0 aliphatic heterocycles. The second-order valence-electron chi connectivity index (χ2n) is 7.83. The largest absolute Gasteiger partial charge is 0.508 e. The van der Waals surface area contributed by atoms with E-state index in [0.717, 1.165) is 12.1 Å². The molecule has 4 rings (SSSR count). The number of hydrogen-bond acceptors (Lipinski definition) is 4. The lowest BCUT2D eigenvalue weighted by molar-refractivity contribution is -0.272. The molecule has 1 heterocycles. The SMILES string of the molecule is CC[C@@H]1C[C@](O)(C(F)(F)F)C(Nc2cccc3[nH]c(=O)ccc23)c2cc(F)cc(O)c21. The first kappa shape index (κ1) is 21.2. The Bertz CT molecular complexity index is 1210. The van der Waals surface area contributed by atoms with Crippen molar-refractivity contribution in [3.05, 3.63) is 69.8 Å². The smallest absolute Gasteiger partial charge is 0.419 e. The molecule has 1 aromatic heterocycles. The molecule has 0 spiro atoms. The number of phenols is 1. The number of fused-ring (bicyclic) bond motifs is 2. The number of H-pyrrole nitrogens is 1. The van der Waals surface area contributed by atoms with Crippen LogP contribution >= 0.6 is 0 Å². The van der Waals surface area contributed by atoms with E-state index in [4.69, 9.17) is 0 Å². The number of aromatic amines is 1. The van der Waals surface area contributed by atoms with Gasteiger partial charge in [0.1, 0.15) is 11.6 Å². The maximum Gasteiger partial charge on any atom is 0.419 e. The second-order valence-corrected chi connectivity index (χ2v) is 7.83. The van der Waals surface area contributed by atoms with Crippen LogP contribution in [0.4, 0.5) is 23.2 Å². The minimum Gasteiger partial charge on any atom is -0.508 e. The number of hydrogen-bond donors (Lipinski definition) is 4. The van der Waals surface area contributed by atoms with E-state index in [1.165, 1.54) is 24.3 Å². The van der Waals surface area contributed by atoms with Crippen LogP contribution in [0, 0.1) is 5.82 Å². The fourth-order valence-electron chi connectivity index (χ4n) is 4.45. The molecule has 0 radical (unpaired) electrons. The zero-order valence-electron chi connectivity index (χ0n) is 16.4. The van der Waals surface area contributed by atoms with E-state index in [2.05, 4.69) is 10.3 Å². The van der Waals surface area contributed by atoms with Gasteiger partial charge in [-0.15, -0.1) is 0 Å². The highest BCUT2D eigenvalue weighted by molar-refractivity contribution is 5.91. The van der Waals surface area contributed by atoms with Crippen LogP contribution in [0.5, 0.6) is 5.75 Å². The van der Waals surface area contributed by atoms with Gasteiger partial charge in [0.25, 0.3) is 0 Å². The van der Waals surface area contributed by atoms with Gasteiger partial charge in [-0.05, 0) is 48.6 Å². The molecule has 0 amide bonds. The third-order valence-corrected chi connectivity index (χ3v) is 5.96. The summed E-state index contributed by atoms with van der Waals surface area (Å²) in [5.41, 5.74) is -2.97. The number of nitrogens with one attached hydrogen (secondary N) is 2. The van der Waals surface area contributed by atoms with Gasteiger partial charge in [-0.1, -0.05) is 13.0 Å². The molecule has 1 aliphatic rings. The molecule has 164 valence electrons. The lowest BCUT2D eigenvalue weighted by Gasteiger charge is -2.45. The van der Waals surface area contributed by atoms with Crippen molar-refractivity contribution in [1.82, 2.24) is 4.98 Å². The van der Waals surface area contributed by atoms with Gasteiger partial charge in [-0.25, -0.2) is 4.39 Å². The fourth-order valence-corrected chi connectivity index (χ4v) is 4.45. The number of aromatic nitrogens is 1. The van der Waals surface area contributed by atoms with Crippen molar-refractivity contribution in [3.8, 4) is 5.75 Å². The summed E-state index contributed by atoms with van der Waals surface area (Å²) >= 11 is 0. The molecule has 5 nitrogen and oxygen atoms in total. The zero-order chi connectivity index (χ0) is 22.6. The zero-order valence-corrected chi connectivity index (χ0v) is 16.4. The highest BCUT2D eigenvalue weighted by atomic mass is 19.4. The van der Waals surface area contributed by atoms with Gasteiger partial charge in [0.2, 0.25) is 5.56 Å². The van der Waals surface area contributed by atoms with Crippen molar-refractivity contribution in [3.63, 3.8) is 0 Å². The maximum atomic E-state index is 14.2. The number of aromatic hydroxyl groups is 1. The van der Waals surface area contributed by atoms with Crippen molar-refractivity contribution in [1.29, 1.82) is 0 Å². The van der Waals surface area contributed by atoms with Crippen LogP contribution in [0.25, 0.3) is 10.9 Å². The van der Waals surface area contributed by atoms with Crippen LogP contribution in [0.2, 0.25) is 0 Å². The number of halogens is 4. The van der Waals surface area contributed by atoms with Gasteiger partial charge in [0, 0.05) is 28.8 Å². The Kier molecular flexibility index (Phi) is 4.96. The Balaban J connectivity index is 1.95. The molecular weight excluding hydrogens is 416 g/mol. The van der Waals surface area contributed by atoms with E-state index in [1.807, 2.05) is 0 Å². The first-order valence-electron chi connectivity index (χ1n) is 9.75. The number of anilines is 1.